The van der Waals surface area contributed by atoms with Gasteiger partial charge >= 0.3 is 0 Å². The van der Waals surface area contributed by atoms with E-state index in [0.29, 0.717) is 0 Å². The summed E-state index contributed by atoms with van der Waals surface area (Å²) in [6.07, 6.45) is 1.18. The fourth-order valence-corrected chi connectivity index (χ4v) is 3.60. The quantitative estimate of drug-likeness (QED) is 0.568. The van der Waals surface area contributed by atoms with Gasteiger partial charge in [-0.05, 0) is 28.8 Å². The highest BCUT2D eigenvalue weighted by atomic mass is 28.3. The van der Waals surface area contributed by atoms with E-state index < -0.39 is 0 Å². The van der Waals surface area contributed by atoms with Gasteiger partial charge in [0.15, 0.2) is 0 Å². The first kappa shape index (κ1) is 10.6. The molecular weight excluding hydrogens is 216 g/mol. The van der Waals surface area contributed by atoms with Crippen LogP contribution in [0.1, 0.15) is 5.56 Å². The van der Waals surface area contributed by atoms with Crippen molar-refractivity contribution in [3.05, 3.63) is 48.0 Å². The molecule has 0 aliphatic heterocycles. The van der Waals surface area contributed by atoms with Crippen LogP contribution in [0.2, 0.25) is 6.04 Å². The Morgan fingerprint density at radius 1 is 1.07 bits per heavy atom. The molecule has 2 aromatic carbocycles. The predicted octanol–water partition coefficient (Wildman–Crippen LogP) is 1.18. The number of fused-ring (bicyclic) bond motifs is 1. The summed E-state index contributed by atoms with van der Waals surface area (Å²) in [6, 6.07) is 16.4. The van der Waals surface area contributed by atoms with Crippen molar-refractivity contribution in [2.45, 2.75) is 12.5 Å². The third kappa shape index (κ3) is 2.56. The lowest BCUT2D eigenvalue weighted by Gasteiger charge is -2.05. The predicted molar refractivity (Wildman–Crippen MR) is 72.0 cm³/mol. The van der Waals surface area contributed by atoms with E-state index >= 15 is 0 Å². The van der Waals surface area contributed by atoms with Crippen molar-refractivity contribution >= 4 is 31.0 Å². The van der Waals surface area contributed by atoms with Gasteiger partial charge in [-0.25, -0.2) is 0 Å². The van der Waals surface area contributed by atoms with E-state index in [9.17, 15) is 0 Å². The van der Waals surface area contributed by atoms with Gasteiger partial charge < -0.3 is 4.12 Å². The highest BCUT2D eigenvalue weighted by Gasteiger charge is 1.99. The maximum absolute atomic E-state index is 5.35. The van der Waals surface area contributed by atoms with E-state index in [-0.39, 0.29) is 9.76 Å². The van der Waals surface area contributed by atoms with E-state index in [1.807, 2.05) is 0 Å². The number of hydrogen-bond donors (Lipinski definition) is 0. The minimum absolute atomic E-state index is 0.227. The lowest BCUT2D eigenvalue weighted by molar-refractivity contribution is 0.659. The van der Waals surface area contributed by atoms with Crippen molar-refractivity contribution in [1.29, 1.82) is 0 Å². The van der Waals surface area contributed by atoms with Gasteiger partial charge in [0, 0.05) is 0 Å². The largest absolute Gasteiger partial charge is 0.468 e. The third-order valence-corrected chi connectivity index (χ3v) is 4.95. The fourth-order valence-electron chi connectivity index (χ4n) is 1.92. The zero-order valence-electron chi connectivity index (χ0n) is 9.07. The van der Waals surface area contributed by atoms with Crippen LogP contribution in [-0.2, 0) is 10.5 Å². The smallest absolute Gasteiger partial charge is 0.146 e. The van der Waals surface area contributed by atoms with E-state index in [1.165, 1.54) is 28.8 Å². The summed E-state index contributed by atoms with van der Waals surface area (Å²) in [7, 11) is 0.685. The molecule has 3 heteroatoms. The van der Waals surface area contributed by atoms with Crippen LogP contribution in [0, 0.1) is 0 Å². The molecule has 0 fully saturated rings. The number of benzene rings is 2. The molecule has 0 radical (unpaired) electrons. The van der Waals surface area contributed by atoms with Gasteiger partial charge in [-0.15, -0.1) is 0 Å². The Balaban J connectivity index is 2.26. The van der Waals surface area contributed by atoms with E-state index in [2.05, 4.69) is 42.5 Å². The van der Waals surface area contributed by atoms with Crippen LogP contribution in [0.3, 0.4) is 0 Å². The van der Waals surface area contributed by atoms with Gasteiger partial charge in [0.25, 0.3) is 0 Å². The highest BCUT2D eigenvalue weighted by molar-refractivity contribution is 6.34. The van der Waals surface area contributed by atoms with Crippen LogP contribution in [0.15, 0.2) is 42.5 Å². The van der Waals surface area contributed by atoms with Gasteiger partial charge in [-0.1, -0.05) is 42.5 Å². The second-order valence-electron chi connectivity index (χ2n) is 3.73. The Hall–Kier alpha value is -0.906. The molecule has 0 atom stereocenters. The Labute approximate surface area is 95.9 Å². The van der Waals surface area contributed by atoms with Gasteiger partial charge in [-0.2, -0.15) is 0 Å². The number of rotatable bonds is 4. The maximum Gasteiger partial charge on any atom is 0.146 e. The molecule has 0 heterocycles. The van der Waals surface area contributed by atoms with Crippen LogP contribution in [0.4, 0.5) is 0 Å². The molecule has 0 aliphatic rings. The normalized spacial score (nSPS) is 11.7. The monoisotopic (exact) mass is 232 g/mol. The third-order valence-electron chi connectivity index (χ3n) is 2.67. The Bertz CT molecular complexity index is 437. The Kier molecular flexibility index (Phi) is 3.71. The molecule has 0 aliphatic carbocycles. The van der Waals surface area contributed by atoms with Crippen LogP contribution < -0.4 is 0 Å². The average Bonchev–Trinajstić information content (AvgIpc) is 2.30. The zero-order chi connectivity index (χ0) is 10.5. The van der Waals surface area contributed by atoms with Crippen molar-refractivity contribution in [3.8, 4) is 0 Å². The maximum atomic E-state index is 5.35. The minimum Gasteiger partial charge on any atom is -0.468 e. The van der Waals surface area contributed by atoms with Crippen molar-refractivity contribution in [1.82, 2.24) is 0 Å². The topological polar surface area (TPSA) is 9.23 Å². The van der Waals surface area contributed by atoms with Crippen molar-refractivity contribution < 1.29 is 4.12 Å². The first-order chi connectivity index (χ1) is 7.42. The SMILES string of the molecule is [SiH3]O[SiH2]CCc1cccc2ccccc12. The molecule has 0 aromatic heterocycles. The zero-order valence-corrected chi connectivity index (χ0v) is 12.5. The average molecular weight is 232 g/mol. The minimum atomic E-state index is -0.227. The molecule has 2 aromatic rings. The lowest BCUT2D eigenvalue weighted by atomic mass is 10.0. The van der Waals surface area contributed by atoms with E-state index in [0.717, 1.165) is 10.5 Å². The van der Waals surface area contributed by atoms with Gasteiger partial charge in [0.05, 0.1) is 0 Å². The lowest BCUT2D eigenvalue weighted by Crippen LogP contribution is -1.97. The molecule has 15 heavy (non-hydrogen) atoms. The fraction of sp³-hybridized carbons (Fsp3) is 0.167. The standard InChI is InChI=1S/C12H16OSi2/c14-13-15-9-8-11-6-3-5-10-4-1-2-7-12(10)11/h1-7H,8-9,15H2,14H3. The second-order valence-corrected chi connectivity index (χ2v) is 7.16. The molecule has 1 nitrogen and oxygen atoms in total. The van der Waals surface area contributed by atoms with Crippen molar-refractivity contribution in [2.24, 2.45) is 0 Å². The molecule has 2 rings (SSSR count). The summed E-state index contributed by atoms with van der Waals surface area (Å²) >= 11 is 0. The van der Waals surface area contributed by atoms with Gasteiger partial charge in [0.1, 0.15) is 20.2 Å². The first-order valence-electron chi connectivity index (χ1n) is 5.37. The molecule has 0 N–H and O–H groups in total. The Morgan fingerprint density at radius 3 is 2.73 bits per heavy atom. The molecule has 0 saturated heterocycles. The van der Waals surface area contributed by atoms with E-state index in [1.54, 1.807) is 0 Å². The Morgan fingerprint density at radius 2 is 1.87 bits per heavy atom. The van der Waals surface area contributed by atoms with E-state index in [4.69, 9.17) is 4.12 Å². The number of aryl methyl sites for hydroxylation is 1. The van der Waals surface area contributed by atoms with Crippen molar-refractivity contribution in [3.63, 3.8) is 0 Å². The molecule has 0 spiro atoms. The molecule has 0 amide bonds. The van der Waals surface area contributed by atoms with Crippen LogP contribution in [0.5, 0.6) is 0 Å². The molecule has 0 bridgehead atoms. The van der Waals surface area contributed by atoms with Gasteiger partial charge in [0.2, 0.25) is 0 Å². The summed E-state index contributed by atoms with van der Waals surface area (Å²) in [5.74, 6) is 0. The summed E-state index contributed by atoms with van der Waals surface area (Å²) in [5, 5.41) is 2.76. The molecule has 0 unspecified atom stereocenters. The summed E-state index contributed by atoms with van der Waals surface area (Å²) < 4.78 is 5.35. The summed E-state index contributed by atoms with van der Waals surface area (Å²) in [5.41, 5.74) is 1.47. The van der Waals surface area contributed by atoms with Crippen LogP contribution in [0.25, 0.3) is 10.8 Å². The molecular formula is C12H16OSi2. The van der Waals surface area contributed by atoms with Crippen LogP contribution in [-0.4, -0.2) is 20.2 Å². The first-order valence-corrected chi connectivity index (χ1v) is 7.77. The molecule has 78 valence electrons. The number of hydrogen-bond acceptors (Lipinski definition) is 1. The highest BCUT2D eigenvalue weighted by Crippen LogP contribution is 2.19. The van der Waals surface area contributed by atoms with Crippen molar-refractivity contribution in [2.75, 3.05) is 0 Å². The summed E-state index contributed by atoms with van der Waals surface area (Å²) in [4.78, 5) is 0. The summed E-state index contributed by atoms with van der Waals surface area (Å²) in [6.45, 7) is 0. The van der Waals surface area contributed by atoms with Gasteiger partial charge in [-0.3, -0.25) is 0 Å². The second kappa shape index (κ2) is 5.25. The van der Waals surface area contributed by atoms with Crippen LogP contribution >= 0.6 is 0 Å². The molecule has 0 saturated carbocycles.